The van der Waals surface area contributed by atoms with Crippen molar-refractivity contribution in [3.8, 4) is 0 Å². The standard InChI is InChI=1S/C13H17ClFNO3S/c1-19-9-10-4-6-16(7-5-10)20(17,18)11-2-3-13(15)12(14)8-11/h2-3,8,10H,4-7,9H2,1H3. The molecule has 1 saturated heterocycles. The van der Waals surface area contributed by atoms with E-state index in [1.165, 1.54) is 10.4 Å². The number of hydrogen-bond acceptors (Lipinski definition) is 3. The molecule has 1 fully saturated rings. The maximum Gasteiger partial charge on any atom is 0.243 e. The number of hydrogen-bond donors (Lipinski definition) is 0. The lowest BCUT2D eigenvalue weighted by Crippen LogP contribution is -2.39. The summed E-state index contributed by atoms with van der Waals surface area (Å²) in [7, 11) is -1.96. The molecule has 7 heteroatoms. The fraction of sp³-hybridized carbons (Fsp3) is 0.538. The van der Waals surface area contributed by atoms with Crippen molar-refractivity contribution >= 4 is 21.6 Å². The van der Waals surface area contributed by atoms with Crippen molar-refractivity contribution in [2.75, 3.05) is 26.8 Å². The summed E-state index contributed by atoms with van der Waals surface area (Å²) in [5.74, 6) is -0.229. The van der Waals surface area contributed by atoms with Crippen molar-refractivity contribution in [2.24, 2.45) is 5.92 Å². The second-order valence-corrected chi connectivity index (χ2v) is 7.22. The second-order valence-electron chi connectivity index (χ2n) is 4.88. The number of rotatable bonds is 4. The predicted octanol–water partition coefficient (Wildman–Crippen LogP) is 2.53. The van der Waals surface area contributed by atoms with Gasteiger partial charge in [-0.3, -0.25) is 0 Å². The van der Waals surface area contributed by atoms with Crippen LogP contribution in [0.4, 0.5) is 4.39 Å². The summed E-state index contributed by atoms with van der Waals surface area (Å²) in [5.41, 5.74) is 0. The van der Waals surface area contributed by atoms with E-state index in [4.69, 9.17) is 16.3 Å². The predicted molar refractivity (Wildman–Crippen MR) is 74.8 cm³/mol. The van der Waals surface area contributed by atoms with Gasteiger partial charge in [-0.25, -0.2) is 12.8 Å². The number of ether oxygens (including phenoxy) is 1. The largest absolute Gasteiger partial charge is 0.384 e. The summed E-state index contributed by atoms with van der Waals surface area (Å²) in [6, 6.07) is 3.48. The van der Waals surface area contributed by atoms with Crippen LogP contribution in [0.2, 0.25) is 5.02 Å². The third-order valence-electron chi connectivity index (χ3n) is 3.50. The number of sulfonamides is 1. The lowest BCUT2D eigenvalue weighted by Gasteiger charge is -2.30. The Kier molecular flexibility index (Phi) is 5.01. The van der Waals surface area contributed by atoms with E-state index in [9.17, 15) is 12.8 Å². The molecule has 0 saturated carbocycles. The molecule has 0 aromatic heterocycles. The molecule has 4 nitrogen and oxygen atoms in total. The first-order valence-electron chi connectivity index (χ1n) is 6.39. The minimum atomic E-state index is -3.60. The Morgan fingerprint density at radius 3 is 2.60 bits per heavy atom. The molecule has 0 spiro atoms. The molecule has 0 bridgehead atoms. The van der Waals surface area contributed by atoms with Crippen LogP contribution in [-0.2, 0) is 14.8 Å². The number of nitrogens with zero attached hydrogens (tertiary/aromatic N) is 1. The van der Waals surface area contributed by atoms with Crippen LogP contribution in [0.15, 0.2) is 23.1 Å². The molecule has 1 aromatic carbocycles. The van der Waals surface area contributed by atoms with Crippen LogP contribution in [0.25, 0.3) is 0 Å². The second kappa shape index (κ2) is 6.39. The molecule has 112 valence electrons. The highest BCUT2D eigenvalue weighted by Crippen LogP contribution is 2.26. The van der Waals surface area contributed by atoms with Gasteiger partial charge < -0.3 is 4.74 Å². The van der Waals surface area contributed by atoms with Gasteiger partial charge in [0.2, 0.25) is 10.0 Å². The lowest BCUT2D eigenvalue weighted by molar-refractivity contribution is 0.121. The van der Waals surface area contributed by atoms with E-state index in [1.54, 1.807) is 7.11 Å². The highest BCUT2D eigenvalue weighted by atomic mass is 35.5. The average Bonchev–Trinajstić information content (AvgIpc) is 2.43. The third-order valence-corrected chi connectivity index (χ3v) is 5.69. The summed E-state index contributed by atoms with van der Waals surface area (Å²) in [5, 5.41) is -0.180. The van der Waals surface area contributed by atoms with E-state index in [0.717, 1.165) is 25.0 Å². The van der Waals surface area contributed by atoms with Crippen molar-refractivity contribution in [3.05, 3.63) is 29.0 Å². The molecule has 0 atom stereocenters. The van der Waals surface area contributed by atoms with Crippen molar-refractivity contribution in [1.29, 1.82) is 0 Å². The molecule has 2 rings (SSSR count). The normalized spacial score (nSPS) is 18.4. The van der Waals surface area contributed by atoms with Crippen LogP contribution in [0.1, 0.15) is 12.8 Å². The van der Waals surface area contributed by atoms with Crippen LogP contribution in [0.5, 0.6) is 0 Å². The zero-order valence-corrected chi connectivity index (χ0v) is 12.8. The van der Waals surface area contributed by atoms with E-state index < -0.39 is 15.8 Å². The summed E-state index contributed by atoms with van der Waals surface area (Å²) >= 11 is 5.65. The van der Waals surface area contributed by atoms with Gasteiger partial charge in [0.15, 0.2) is 0 Å². The highest BCUT2D eigenvalue weighted by molar-refractivity contribution is 7.89. The quantitative estimate of drug-likeness (QED) is 0.856. The Labute approximate surface area is 123 Å². The van der Waals surface area contributed by atoms with Crippen molar-refractivity contribution in [2.45, 2.75) is 17.7 Å². The monoisotopic (exact) mass is 321 g/mol. The minimum Gasteiger partial charge on any atom is -0.384 e. The van der Waals surface area contributed by atoms with Gasteiger partial charge in [0, 0.05) is 26.8 Å². The maximum absolute atomic E-state index is 13.1. The first-order chi connectivity index (χ1) is 9.45. The Hall–Kier alpha value is -0.690. The number of benzene rings is 1. The topological polar surface area (TPSA) is 46.6 Å². The SMILES string of the molecule is COCC1CCN(S(=O)(=O)c2ccc(F)c(Cl)c2)CC1. The van der Waals surface area contributed by atoms with E-state index in [2.05, 4.69) is 0 Å². The van der Waals surface area contributed by atoms with E-state index in [1.807, 2.05) is 0 Å². The molecular weight excluding hydrogens is 305 g/mol. The molecule has 0 radical (unpaired) electrons. The van der Waals surface area contributed by atoms with Gasteiger partial charge in [-0.15, -0.1) is 0 Å². The zero-order valence-electron chi connectivity index (χ0n) is 11.2. The van der Waals surface area contributed by atoms with E-state index in [0.29, 0.717) is 25.6 Å². The van der Waals surface area contributed by atoms with Gasteiger partial charge >= 0.3 is 0 Å². The molecule has 0 aliphatic carbocycles. The number of piperidine rings is 1. The van der Waals surface area contributed by atoms with Gasteiger partial charge in [-0.05, 0) is 37.0 Å². The maximum atomic E-state index is 13.1. The van der Waals surface area contributed by atoms with Gasteiger partial charge in [0.05, 0.1) is 9.92 Å². The van der Waals surface area contributed by atoms with Gasteiger partial charge in [-0.2, -0.15) is 4.31 Å². The van der Waals surface area contributed by atoms with Gasteiger partial charge in [0.25, 0.3) is 0 Å². The summed E-state index contributed by atoms with van der Waals surface area (Å²) < 4.78 is 44.5. The Morgan fingerprint density at radius 2 is 2.05 bits per heavy atom. The minimum absolute atomic E-state index is 0.0362. The molecule has 20 heavy (non-hydrogen) atoms. The fourth-order valence-corrected chi connectivity index (χ4v) is 4.08. The third kappa shape index (κ3) is 3.31. The zero-order chi connectivity index (χ0) is 14.8. The first kappa shape index (κ1) is 15.7. The van der Waals surface area contributed by atoms with Crippen molar-refractivity contribution < 1.29 is 17.5 Å². The summed E-state index contributed by atoms with van der Waals surface area (Å²) in [4.78, 5) is 0.0362. The molecule has 1 heterocycles. The van der Waals surface area contributed by atoms with E-state index in [-0.39, 0.29) is 9.92 Å². The van der Waals surface area contributed by atoms with E-state index >= 15 is 0 Å². The summed E-state index contributed by atoms with van der Waals surface area (Å²) in [6.45, 7) is 1.55. The van der Waals surface area contributed by atoms with Crippen molar-refractivity contribution in [3.63, 3.8) is 0 Å². The van der Waals surface area contributed by atoms with Crippen LogP contribution in [0, 0.1) is 11.7 Å². The molecular formula is C13H17ClFNO3S. The molecule has 0 N–H and O–H groups in total. The lowest BCUT2D eigenvalue weighted by atomic mass is 9.99. The molecule has 0 unspecified atom stereocenters. The molecule has 1 aromatic rings. The average molecular weight is 322 g/mol. The highest BCUT2D eigenvalue weighted by Gasteiger charge is 2.29. The smallest absolute Gasteiger partial charge is 0.243 e. The Bertz CT molecular complexity index is 571. The van der Waals surface area contributed by atoms with Gasteiger partial charge in [-0.1, -0.05) is 11.6 Å². The van der Waals surface area contributed by atoms with Crippen LogP contribution in [-0.4, -0.2) is 39.5 Å². The molecule has 1 aliphatic heterocycles. The first-order valence-corrected chi connectivity index (χ1v) is 8.21. The molecule has 1 aliphatic rings. The van der Waals surface area contributed by atoms with Gasteiger partial charge in [0.1, 0.15) is 5.82 Å². The summed E-state index contributed by atoms with van der Waals surface area (Å²) in [6.07, 6.45) is 1.53. The number of methoxy groups -OCH3 is 1. The Morgan fingerprint density at radius 1 is 1.40 bits per heavy atom. The van der Waals surface area contributed by atoms with Crippen LogP contribution >= 0.6 is 11.6 Å². The van der Waals surface area contributed by atoms with Crippen LogP contribution in [0.3, 0.4) is 0 Å². The fourth-order valence-electron chi connectivity index (χ4n) is 2.34. The number of halogens is 2. The van der Waals surface area contributed by atoms with Crippen LogP contribution < -0.4 is 0 Å². The molecule has 0 amide bonds. The Balaban J connectivity index is 2.13. The van der Waals surface area contributed by atoms with Crippen molar-refractivity contribution in [1.82, 2.24) is 4.31 Å².